The number of fused-ring (bicyclic) bond motifs is 2. The van der Waals surface area contributed by atoms with Crippen LogP contribution < -0.4 is 10.5 Å². The van der Waals surface area contributed by atoms with Crippen molar-refractivity contribution in [1.29, 1.82) is 0 Å². The van der Waals surface area contributed by atoms with Crippen molar-refractivity contribution in [3.63, 3.8) is 0 Å². The Kier molecular flexibility index (Phi) is 5.51. The number of nitrogens with zero attached hydrogens (tertiary/aromatic N) is 3. The van der Waals surface area contributed by atoms with Crippen molar-refractivity contribution in [1.82, 2.24) is 19.6 Å². The number of anilines is 1. The van der Waals surface area contributed by atoms with Crippen molar-refractivity contribution in [2.24, 2.45) is 11.1 Å². The minimum Gasteiger partial charge on any atom is -0.390 e. The number of aliphatic hydroxyl groups is 2. The van der Waals surface area contributed by atoms with E-state index in [4.69, 9.17) is 16.7 Å². The summed E-state index contributed by atoms with van der Waals surface area (Å²) in [5, 5.41) is 35.1. The molecule has 3 aromatic heterocycles. The van der Waals surface area contributed by atoms with Crippen LogP contribution in [0.5, 0.6) is 0 Å². The molecular formula is C20H21ClN6O5S. The summed E-state index contributed by atoms with van der Waals surface area (Å²) in [7, 11) is -4.14. The number of aromatic amines is 1. The molecule has 0 saturated heterocycles. The van der Waals surface area contributed by atoms with E-state index >= 15 is 0 Å². The van der Waals surface area contributed by atoms with Gasteiger partial charge in [0, 0.05) is 45.9 Å². The zero-order chi connectivity index (χ0) is 23.3. The molecule has 0 radical (unpaired) electrons. The summed E-state index contributed by atoms with van der Waals surface area (Å²) in [6.07, 6.45) is 1.41. The molecule has 1 fully saturated rings. The van der Waals surface area contributed by atoms with Crippen molar-refractivity contribution < 1.29 is 22.8 Å². The number of nitrogens with one attached hydrogen (secondary N) is 2. The molecule has 5 rings (SSSR count). The highest BCUT2D eigenvalue weighted by Crippen LogP contribution is 2.32. The third-order valence-electron chi connectivity index (χ3n) is 5.86. The van der Waals surface area contributed by atoms with E-state index in [0.717, 1.165) is 16.5 Å². The van der Waals surface area contributed by atoms with Crippen LogP contribution in [0.25, 0.3) is 27.8 Å². The second-order valence-corrected chi connectivity index (χ2v) is 9.68. The van der Waals surface area contributed by atoms with Crippen LogP contribution >= 0.6 is 11.6 Å². The lowest BCUT2D eigenvalue weighted by Gasteiger charge is -2.19. The molecule has 1 aromatic carbocycles. The molecule has 174 valence electrons. The molecule has 0 bridgehead atoms. The number of aliphatic hydroxyl groups excluding tert-OH is 2. The summed E-state index contributed by atoms with van der Waals surface area (Å²) >= 11 is 6.07. The Labute approximate surface area is 193 Å². The van der Waals surface area contributed by atoms with Crippen molar-refractivity contribution in [2.45, 2.75) is 24.7 Å². The summed E-state index contributed by atoms with van der Waals surface area (Å²) < 4.78 is 28.3. The molecule has 1 saturated carbocycles. The maximum atomic E-state index is 11.1. The van der Waals surface area contributed by atoms with Crippen LogP contribution in [-0.4, -0.2) is 63.1 Å². The molecule has 0 unspecified atom stereocenters. The van der Waals surface area contributed by atoms with Gasteiger partial charge in [0.05, 0.1) is 24.4 Å². The molecule has 11 nitrogen and oxygen atoms in total. The number of hydrogen-bond acceptors (Lipinski definition) is 8. The number of aromatic nitrogens is 4. The Bertz CT molecular complexity index is 1440. The normalized spacial score (nSPS) is 23.5. The Balaban J connectivity index is 1.42. The van der Waals surface area contributed by atoms with E-state index in [2.05, 4.69) is 24.6 Å². The molecular weight excluding hydrogens is 472 g/mol. The zero-order valence-electron chi connectivity index (χ0n) is 17.1. The molecule has 6 N–H and O–H groups in total. The highest BCUT2D eigenvalue weighted by molar-refractivity contribution is 7.84. The fraction of sp³-hybridized carbons (Fsp3) is 0.300. The zero-order valence-corrected chi connectivity index (χ0v) is 18.7. The van der Waals surface area contributed by atoms with Gasteiger partial charge < -0.3 is 20.5 Å². The lowest BCUT2D eigenvalue weighted by molar-refractivity contribution is 0.00777. The van der Waals surface area contributed by atoms with E-state index in [1.54, 1.807) is 16.8 Å². The number of H-pyrrole nitrogens is 1. The number of halogens is 1. The van der Waals surface area contributed by atoms with Crippen LogP contribution in [0.2, 0.25) is 5.02 Å². The van der Waals surface area contributed by atoms with Crippen molar-refractivity contribution in [2.75, 3.05) is 11.9 Å². The third-order valence-corrected chi connectivity index (χ3v) is 6.56. The fourth-order valence-electron chi connectivity index (χ4n) is 4.25. The first-order chi connectivity index (χ1) is 15.7. The molecule has 0 aliphatic heterocycles. The number of benzene rings is 1. The summed E-state index contributed by atoms with van der Waals surface area (Å²) in [5.41, 5.74) is 3.04. The molecule has 4 aromatic rings. The molecule has 1 aliphatic carbocycles. The Hall–Kier alpha value is -2.74. The lowest BCUT2D eigenvalue weighted by atomic mass is 10.1. The van der Waals surface area contributed by atoms with Gasteiger partial charge in [0.15, 0.2) is 5.65 Å². The molecule has 33 heavy (non-hydrogen) atoms. The van der Waals surface area contributed by atoms with Crippen LogP contribution in [0.3, 0.4) is 0 Å². The van der Waals surface area contributed by atoms with E-state index in [9.17, 15) is 18.6 Å². The van der Waals surface area contributed by atoms with E-state index in [1.807, 2.05) is 30.5 Å². The standard InChI is InChI=1S/C20H21ClN6O5S/c21-11-1-2-12-13(8-24-14(12)6-11)15-7-18-23-4-3-17(27(18)26-15)25-16-5-10(19(28)20(16)29)9-32-33(22,30)31/h1-4,6-8,10,16,19-20,24-25,28-29H,5,9H2,(H2,22,30,31)/t10-,16-,19-,20+/m1/s1. The molecule has 0 amide bonds. The molecule has 1 aliphatic rings. The van der Waals surface area contributed by atoms with Gasteiger partial charge in [-0.3, -0.25) is 4.18 Å². The van der Waals surface area contributed by atoms with Crippen LogP contribution in [0.15, 0.2) is 42.7 Å². The fourth-order valence-corrected chi connectivity index (χ4v) is 4.79. The van der Waals surface area contributed by atoms with E-state index in [-0.39, 0.29) is 13.0 Å². The summed E-state index contributed by atoms with van der Waals surface area (Å²) in [4.78, 5) is 7.55. The number of hydrogen-bond donors (Lipinski definition) is 5. The van der Waals surface area contributed by atoms with Gasteiger partial charge in [-0.15, -0.1) is 0 Å². The van der Waals surface area contributed by atoms with Crippen molar-refractivity contribution in [3.8, 4) is 11.3 Å². The molecule has 3 heterocycles. The first kappa shape index (κ1) is 22.1. The SMILES string of the molecule is NS(=O)(=O)OC[C@H]1C[C@@H](Nc2ccnc3cc(-c4c[nH]c5cc(Cl)ccc45)nn23)[C@H](O)[C@@H]1O. The smallest absolute Gasteiger partial charge is 0.333 e. The average Bonchev–Trinajstić information content (AvgIpc) is 3.44. The Morgan fingerprint density at radius 1 is 1.27 bits per heavy atom. The van der Waals surface area contributed by atoms with Gasteiger partial charge in [-0.05, 0) is 24.6 Å². The third kappa shape index (κ3) is 4.28. The van der Waals surface area contributed by atoms with E-state index in [0.29, 0.717) is 22.2 Å². The quantitative estimate of drug-likeness (QED) is 0.268. The second kappa shape index (κ2) is 8.24. The second-order valence-electron chi connectivity index (χ2n) is 8.03. The van der Waals surface area contributed by atoms with Gasteiger partial charge in [-0.2, -0.15) is 18.0 Å². The van der Waals surface area contributed by atoms with Crippen LogP contribution in [0, 0.1) is 5.92 Å². The van der Waals surface area contributed by atoms with Crippen LogP contribution in [0.4, 0.5) is 5.82 Å². The van der Waals surface area contributed by atoms with Gasteiger partial charge in [-0.1, -0.05) is 17.7 Å². The highest BCUT2D eigenvalue weighted by atomic mass is 35.5. The Morgan fingerprint density at radius 2 is 2.09 bits per heavy atom. The Morgan fingerprint density at radius 3 is 2.88 bits per heavy atom. The average molecular weight is 493 g/mol. The van der Waals surface area contributed by atoms with Gasteiger partial charge in [0.1, 0.15) is 11.9 Å². The summed E-state index contributed by atoms with van der Waals surface area (Å²) in [6, 6.07) is 8.54. The van der Waals surface area contributed by atoms with Gasteiger partial charge in [0.25, 0.3) is 0 Å². The lowest BCUT2D eigenvalue weighted by Crippen LogP contribution is -2.36. The van der Waals surface area contributed by atoms with Crippen LogP contribution in [-0.2, 0) is 14.5 Å². The predicted octanol–water partition coefficient (Wildman–Crippen LogP) is 1.27. The van der Waals surface area contributed by atoms with Crippen molar-refractivity contribution in [3.05, 3.63) is 47.7 Å². The maximum Gasteiger partial charge on any atom is 0.333 e. The van der Waals surface area contributed by atoms with Gasteiger partial charge in [0.2, 0.25) is 0 Å². The topological polar surface area (TPSA) is 168 Å². The van der Waals surface area contributed by atoms with E-state index < -0.39 is 34.5 Å². The van der Waals surface area contributed by atoms with Crippen molar-refractivity contribution >= 4 is 44.3 Å². The first-order valence-corrected chi connectivity index (χ1v) is 12.0. The monoisotopic (exact) mass is 492 g/mol. The van der Waals surface area contributed by atoms with Crippen LogP contribution in [0.1, 0.15) is 6.42 Å². The predicted molar refractivity (Wildman–Crippen MR) is 122 cm³/mol. The maximum absolute atomic E-state index is 11.1. The number of rotatable bonds is 6. The van der Waals surface area contributed by atoms with E-state index in [1.165, 1.54) is 0 Å². The molecule has 0 spiro atoms. The summed E-state index contributed by atoms with van der Waals surface area (Å²) in [5.74, 6) is -0.0576. The molecule has 4 atom stereocenters. The largest absolute Gasteiger partial charge is 0.390 e. The summed E-state index contributed by atoms with van der Waals surface area (Å²) in [6.45, 7) is -0.322. The molecule has 13 heteroatoms. The minimum absolute atomic E-state index is 0.263. The number of nitrogens with two attached hydrogens (primary N) is 1. The van der Waals surface area contributed by atoms with Gasteiger partial charge >= 0.3 is 10.3 Å². The van der Waals surface area contributed by atoms with Gasteiger partial charge in [-0.25, -0.2) is 10.1 Å². The minimum atomic E-state index is -4.14. The first-order valence-electron chi connectivity index (χ1n) is 10.1. The highest BCUT2D eigenvalue weighted by Gasteiger charge is 2.42.